The van der Waals surface area contributed by atoms with Crippen molar-refractivity contribution in [3.8, 4) is 0 Å². The molecular formula is C16H30O2. The van der Waals surface area contributed by atoms with Gasteiger partial charge in [0.15, 0.2) is 0 Å². The Labute approximate surface area is 112 Å². The largest absolute Gasteiger partial charge is 0.390 e. The van der Waals surface area contributed by atoms with Gasteiger partial charge in [0.2, 0.25) is 0 Å². The summed E-state index contributed by atoms with van der Waals surface area (Å²) in [7, 11) is 0. The van der Waals surface area contributed by atoms with E-state index in [1.165, 1.54) is 0 Å². The van der Waals surface area contributed by atoms with Gasteiger partial charge in [0.05, 0.1) is 11.2 Å². The minimum Gasteiger partial charge on any atom is -0.390 e. The molecule has 0 heterocycles. The van der Waals surface area contributed by atoms with Gasteiger partial charge in [-0.05, 0) is 56.8 Å². The molecule has 0 radical (unpaired) electrons. The maximum atomic E-state index is 10.5. The number of hydrogen-bond donors (Lipinski definition) is 2. The maximum absolute atomic E-state index is 10.5. The van der Waals surface area contributed by atoms with Crippen molar-refractivity contribution >= 4 is 0 Å². The molecular weight excluding hydrogens is 224 g/mol. The van der Waals surface area contributed by atoms with E-state index in [0.29, 0.717) is 12.3 Å². The molecule has 0 aromatic carbocycles. The summed E-state index contributed by atoms with van der Waals surface area (Å²) in [6.45, 7) is 14.1. The van der Waals surface area contributed by atoms with E-state index >= 15 is 0 Å². The summed E-state index contributed by atoms with van der Waals surface area (Å²) in [6.07, 6.45) is 5.18. The summed E-state index contributed by atoms with van der Waals surface area (Å²) in [5.74, 6) is 0.822. The summed E-state index contributed by atoms with van der Waals surface area (Å²) in [6, 6.07) is 0. The molecule has 1 rings (SSSR count). The van der Waals surface area contributed by atoms with Crippen LogP contribution in [0.4, 0.5) is 0 Å². The van der Waals surface area contributed by atoms with Crippen LogP contribution in [0.5, 0.6) is 0 Å². The first-order valence-electron chi connectivity index (χ1n) is 7.13. The van der Waals surface area contributed by atoms with Crippen molar-refractivity contribution in [1.29, 1.82) is 0 Å². The first-order chi connectivity index (χ1) is 8.05. The van der Waals surface area contributed by atoms with E-state index in [0.717, 1.165) is 19.3 Å². The van der Waals surface area contributed by atoms with Crippen LogP contribution >= 0.6 is 0 Å². The Morgan fingerprint density at radius 1 is 1.39 bits per heavy atom. The van der Waals surface area contributed by atoms with Crippen molar-refractivity contribution in [1.82, 2.24) is 0 Å². The van der Waals surface area contributed by atoms with Gasteiger partial charge >= 0.3 is 0 Å². The zero-order chi connectivity index (χ0) is 14.2. The third-order valence-electron chi connectivity index (χ3n) is 5.74. The highest BCUT2D eigenvalue weighted by Gasteiger charge is 2.49. The van der Waals surface area contributed by atoms with Crippen LogP contribution in [0.25, 0.3) is 0 Å². The highest BCUT2D eigenvalue weighted by Crippen LogP contribution is 2.52. The third kappa shape index (κ3) is 2.97. The first kappa shape index (κ1) is 15.7. The fraction of sp³-hybridized carbons (Fsp3) is 0.875. The van der Waals surface area contributed by atoms with Crippen LogP contribution < -0.4 is 0 Å². The molecule has 0 saturated heterocycles. The Balaban J connectivity index is 2.84. The molecule has 0 aliphatic heterocycles. The summed E-state index contributed by atoms with van der Waals surface area (Å²) >= 11 is 0. The zero-order valence-corrected chi connectivity index (χ0v) is 12.7. The topological polar surface area (TPSA) is 40.5 Å². The lowest BCUT2D eigenvalue weighted by Gasteiger charge is -2.52. The van der Waals surface area contributed by atoms with Crippen molar-refractivity contribution in [2.45, 2.75) is 71.5 Å². The fourth-order valence-corrected chi connectivity index (χ4v) is 3.28. The van der Waals surface area contributed by atoms with E-state index in [1.807, 2.05) is 6.92 Å². The third-order valence-corrected chi connectivity index (χ3v) is 5.74. The molecule has 0 amide bonds. The highest BCUT2D eigenvalue weighted by atomic mass is 16.3. The van der Waals surface area contributed by atoms with E-state index in [1.54, 1.807) is 13.0 Å². The van der Waals surface area contributed by atoms with E-state index < -0.39 is 11.2 Å². The van der Waals surface area contributed by atoms with Crippen molar-refractivity contribution in [3.05, 3.63) is 12.7 Å². The zero-order valence-electron chi connectivity index (χ0n) is 12.7. The van der Waals surface area contributed by atoms with E-state index in [9.17, 15) is 10.2 Å². The van der Waals surface area contributed by atoms with Gasteiger partial charge in [0, 0.05) is 0 Å². The van der Waals surface area contributed by atoms with Crippen LogP contribution in [-0.2, 0) is 0 Å². The monoisotopic (exact) mass is 254 g/mol. The molecule has 0 spiro atoms. The molecule has 2 heteroatoms. The number of hydrogen-bond acceptors (Lipinski definition) is 2. The fourth-order valence-electron chi connectivity index (χ4n) is 3.28. The molecule has 0 bridgehead atoms. The van der Waals surface area contributed by atoms with Crippen LogP contribution in [0.2, 0.25) is 0 Å². The Morgan fingerprint density at radius 2 is 1.94 bits per heavy atom. The number of rotatable bonds is 4. The summed E-state index contributed by atoms with van der Waals surface area (Å²) in [5.41, 5.74) is -1.30. The van der Waals surface area contributed by atoms with Crippen LogP contribution in [-0.4, -0.2) is 21.4 Å². The molecule has 2 nitrogen and oxygen atoms in total. The molecule has 1 saturated carbocycles. The molecule has 2 N–H and O–H groups in total. The SMILES string of the molecule is C=CC(C)(O)CC[C@]1(C)[C@@H](C)CC[C@](C)(O)[C@H]1C. The van der Waals surface area contributed by atoms with Crippen molar-refractivity contribution in [3.63, 3.8) is 0 Å². The average Bonchev–Trinajstić information content (AvgIpc) is 2.30. The second kappa shape index (κ2) is 4.97. The van der Waals surface area contributed by atoms with Gasteiger partial charge < -0.3 is 10.2 Å². The molecule has 0 aromatic heterocycles. The van der Waals surface area contributed by atoms with E-state index in [2.05, 4.69) is 27.4 Å². The Bertz CT molecular complexity index is 306. The van der Waals surface area contributed by atoms with Gasteiger partial charge in [-0.15, -0.1) is 6.58 Å². The van der Waals surface area contributed by atoms with Crippen LogP contribution in [0.3, 0.4) is 0 Å². The van der Waals surface area contributed by atoms with E-state index in [-0.39, 0.29) is 11.3 Å². The van der Waals surface area contributed by atoms with Crippen molar-refractivity contribution < 1.29 is 10.2 Å². The molecule has 18 heavy (non-hydrogen) atoms. The van der Waals surface area contributed by atoms with E-state index in [4.69, 9.17) is 0 Å². The predicted molar refractivity (Wildman–Crippen MR) is 76.3 cm³/mol. The smallest absolute Gasteiger partial charge is 0.0797 e. The maximum Gasteiger partial charge on any atom is 0.0797 e. The standard InChI is InChI=1S/C16H30O2/c1-7-14(4,17)10-11-15(5)12(2)8-9-16(6,18)13(15)3/h7,12-13,17-18H,1,8-11H2,2-6H3/t12-,13-,14?,15+,16-/m0/s1. The van der Waals surface area contributed by atoms with Gasteiger partial charge in [-0.2, -0.15) is 0 Å². The molecule has 1 aliphatic rings. The molecule has 106 valence electrons. The lowest BCUT2D eigenvalue weighted by molar-refractivity contribution is -0.118. The van der Waals surface area contributed by atoms with Crippen LogP contribution in [0.15, 0.2) is 12.7 Å². The van der Waals surface area contributed by atoms with Crippen LogP contribution in [0, 0.1) is 17.3 Å². The van der Waals surface area contributed by atoms with Gasteiger partial charge in [0.1, 0.15) is 0 Å². The second-order valence-electron chi connectivity index (χ2n) is 7.09. The Morgan fingerprint density at radius 3 is 2.44 bits per heavy atom. The van der Waals surface area contributed by atoms with Crippen molar-refractivity contribution in [2.75, 3.05) is 0 Å². The van der Waals surface area contributed by atoms with Gasteiger partial charge in [-0.1, -0.05) is 26.8 Å². The van der Waals surface area contributed by atoms with Crippen molar-refractivity contribution in [2.24, 2.45) is 17.3 Å². The highest BCUT2D eigenvalue weighted by molar-refractivity contribution is 5.01. The first-order valence-corrected chi connectivity index (χ1v) is 7.13. The minimum absolute atomic E-state index is 0.0781. The second-order valence-corrected chi connectivity index (χ2v) is 7.09. The van der Waals surface area contributed by atoms with Gasteiger partial charge in [-0.3, -0.25) is 0 Å². The van der Waals surface area contributed by atoms with Crippen LogP contribution in [0.1, 0.15) is 60.3 Å². The molecule has 1 aliphatic carbocycles. The summed E-state index contributed by atoms with van der Waals surface area (Å²) in [4.78, 5) is 0. The Kier molecular flexibility index (Phi) is 4.34. The quantitative estimate of drug-likeness (QED) is 0.754. The summed E-state index contributed by atoms with van der Waals surface area (Å²) < 4.78 is 0. The lowest BCUT2D eigenvalue weighted by atomic mass is 9.55. The van der Waals surface area contributed by atoms with Gasteiger partial charge in [-0.25, -0.2) is 0 Å². The summed E-state index contributed by atoms with van der Waals surface area (Å²) in [5, 5.41) is 20.6. The predicted octanol–water partition coefficient (Wildman–Crippen LogP) is 3.53. The molecule has 5 atom stereocenters. The molecule has 1 unspecified atom stereocenters. The molecule has 0 aromatic rings. The minimum atomic E-state index is -0.800. The average molecular weight is 254 g/mol. The molecule has 1 fully saturated rings. The lowest BCUT2D eigenvalue weighted by Crippen LogP contribution is -2.51. The number of aliphatic hydroxyl groups is 2. The van der Waals surface area contributed by atoms with Gasteiger partial charge in [0.25, 0.3) is 0 Å². The Hall–Kier alpha value is -0.340. The normalized spacial score (nSPS) is 44.4.